The van der Waals surface area contributed by atoms with Crippen LogP contribution in [-0.4, -0.2) is 30.3 Å². The van der Waals surface area contributed by atoms with Crippen molar-refractivity contribution < 1.29 is 23.2 Å². The number of urea groups is 1. The van der Waals surface area contributed by atoms with E-state index in [2.05, 4.69) is 10.5 Å². The SMILES string of the molecule is COc1cccc(NC(=O)N(Cc2cc(-c3ccccc3OC)on2)Cc2ccco2)c1. The van der Waals surface area contributed by atoms with Crippen LogP contribution < -0.4 is 14.8 Å². The highest BCUT2D eigenvalue weighted by atomic mass is 16.5. The van der Waals surface area contributed by atoms with Gasteiger partial charge in [0.1, 0.15) is 23.0 Å². The quantitative estimate of drug-likeness (QED) is 0.411. The first-order chi connectivity index (χ1) is 15.7. The van der Waals surface area contributed by atoms with E-state index in [0.717, 1.165) is 5.56 Å². The van der Waals surface area contributed by atoms with Gasteiger partial charge in [-0.15, -0.1) is 0 Å². The standard InChI is InChI=1S/C24H23N3O5/c1-29-19-8-5-7-17(13-19)25-24(28)27(16-20-9-6-12-31-20)15-18-14-23(32-26-18)21-10-3-4-11-22(21)30-2/h3-14H,15-16H2,1-2H3,(H,25,28). The molecule has 0 atom stereocenters. The first-order valence-corrected chi connectivity index (χ1v) is 9.97. The topological polar surface area (TPSA) is 90.0 Å². The van der Waals surface area contributed by atoms with E-state index in [0.29, 0.717) is 34.4 Å². The number of hydrogen-bond donors (Lipinski definition) is 1. The van der Waals surface area contributed by atoms with E-state index < -0.39 is 0 Å². The van der Waals surface area contributed by atoms with Gasteiger partial charge in [-0.25, -0.2) is 4.79 Å². The third-order valence-electron chi connectivity index (χ3n) is 4.82. The molecule has 1 N–H and O–H groups in total. The molecule has 4 rings (SSSR count). The fourth-order valence-electron chi connectivity index (χ4n) is 3.25. The number of carbonyl (C=O) groups is 1. The molecule has 0 aliphatic rings. The lowest BCUT2D eigenvalue weighted by Crippen LogP contribution is -2.34. The highest BCUT2D eigenvalue weighted by Gasteiger charge is 2.19. The monoisotopic (exact) mass is 433 g/mol. The highest BCUT2D eigenvalue weighted by Crippen LogP contribution is 2.30. The van der Waals surface area contributed by atoms with Crippen LogP contribution in [0.2, 0.25) is 0 Å². The molecule has 0 aliphatic carbocycles. The van der Waals surface area contributed by atoms with Crippen LogP contribution in [0.4, 0.5) is 10.5 Å². The predicted octanol–water partition coefficient (Wildman–Crippen LogP) is 5.19. The highest BCUT2D eigenvalue weighted by molar-refractivity contribution is 5.89. The number of para-hydroxylation sites is 1. The number of nitrogens with one attached hydrogen (secondary N) is 1. The number of benzene rings is 2. The summed E-state index contributed by atoms with van der Waals surface area (Å²) in [7, 11) is 3.18. The minimum atomic E-state index is -0.309. The summed E-state index contributed by atoms with van der Waals surface area (Å²) in [5, 5.41) is 7.04. The number of hydrogen-bond acceptors (Lipinski definition) is 6. The van der Waals surface area contributed by atoms with Crippen LogP contribution in [0, 0.1) is 0 Å². The van der Waals surface area contributed by atoms with Crippen LogP contribution in [0.1, 0.15) is 11.5 Å². The predicted molar refractivity (Wildman–Crippen MR) is 118 cm³/mol. The summed E-state index contributed by atoms with van der Waals surface area (Å²) in [6, 6.07) is 19.8. The second kappa shape index (κ2) is 9.74. The van der Waals surface area contributed by atoms with Crippen LogP contribution in [0.5, 0.6) is 11.5 Å². The van der Waals surface area contributed by atoms with Crippen molar-refractivity contribution in [1.82, 2.24) is 10.1 Å². The van der Waals surface area contributed by atoms with Gasteiger partial charge in [0.05, 0.1) is 39.1 Å². The molecule has 0 spiro atoms. The molecule has 2 aromatic heterocycles. The van der Waals surface area contributed by atoms with Crippen LogP contribution in [0.3, 0.4) is 0 Å². The normalized spacial score (nSPS) is 10.6. The molecule has 8 heteroatoms. The summed E-state index contributed by atoms with van der Waals surface area (Å²) in [5.74, 6) is 2.54. The number of anilines is 1. The molecule has 8 nitrogen and oxygen atoms in total. The number of aromatic nitrogens is 1. The van der Waals surface area contributed by atoms with Gasteiger partial charge in [-0.2, -0.15) is 0 Å². The first-order valence-electron chi connectivity index (χ1n) is 9.97. The molecule has 4 aromatic rings. The van der Waals surface area contributed by atoms with E-state index in [1.54, 1.807) is 49.6 Å². The van der Waals surface area contributed by atoms with Crippen LogP contribution in [0.25, 0.3) is 11.3 Å². The maximum atomic E-state index is 13.1. The van der Waals surface area contributed by atoms with Crippen molar-refractivity contribution in [2.45, 2.75) is 13.1 Å². The zero-order valence-electron chi connectivity index (χ0n) is 17.8. The van der Waals surface area contributed by atoms with E-state index in [1.165, 1.54) is 0 Å². The lowest BCUT2D eigenvalue weighted by atomic mass is 10.1. The number of methoxy groups -OCH3 is 2. The van der Waals surface area contributed by atoms with E-state index >= 15 is 0 Å². The molecule has 2 heterocycles. The van der Waals surface area contributed by atoms with Gasteiger partial charge in [0.15, 0.2) is 5.76 Å². The van der Waals surface area contributed by atoms with Crippen molar-refractivity contribution in [2.24, 2.45) is 0 Å². The lowest BCUT2D eigenvalue weighted by Gasteiger charge is -2.21. The summed E-state index contributed by atoms with van der Waals surface area (Å²) in [4.78, 5) is 14.7. The third-order valence-corrected chi connectivity index (χ3v) is 4.82. The summed E-state index contributed by atoms with van der Waals surface area (Å²) in [5.41, 5.74) is 2.00. The summed E-state index contributed by atoms with van der Waals surface area (Å²) in [6.45, 7) is 0.481. The summed E-state index contributed by atoms with van der Waals surface area (Å²) >= 11 is 0. The van der Waals surface area contributed by atoms with E-state index in [9.17, 15) is 4.79 Å². The van der Waals surface area contributed by atoms with Gasteiger partial charge in [-0.3, -0.25) is 0 Å². The average Bonchev–Trinajstić information content (AvgIpc) is 3.51. The minimum Gasteiger partial charge on any atom is -0.497 e. The Morgan fingerprint density at radius 1 is 1.00 bits per heavy atom. The molecular weight excluding hydrogens is 410 g/mol. The van der Waals surface area contributed by atoms with Gasteiger partial charge in [0.2, 0.25) is 0 Å². The van der Waals surface area contributed by atoms with Crippen molar-refractivity contribution in [3.05, 3.63) is 84.4 Å². The Morgan fingerprint density at radius 2 is 1.88 bits per heavy atom. The smallest absolute Gasteiger partial charge is 0.322 e. The number of carbonyl (C=O) groups excluding carboxylic acids is 1. The molecule has 0 unspecified atom stereocenters. The van der Waals surface area contributed by atoms with Gasteiger partial charge in [0, 0.05) is 17.8 Å². The molecule has 0 radical (unpaired) electrons. The molecular formula is C24H23N3O5. The Hall–Kier alpha value is -4.20. The van der Waals surface area contributed by atoms with E-state index in [-0.39, 0.29) is 19.1 Å². The molecule has 2 aromatic carbocycles. The molecule has 0 aliphatic heterocycles. The van der Waals surface area contributed by atoms with Crippen molar-refractivity contribution in [2.75, 3.05) is 19.5 Å². The Bertz CT molecular complexity index is 1170. The zero-order chi connectivity index (χ0) is 22.3. The average molecular weight is 433 g/mol. The van der Waals surface area contributed by atoms with Gasteiger partial charge in [-0.05, 0) is 36.4 Å². The Labute approximate surface area is 185 Å². The van der Waals surface area contributed by atoms with Crippen molar-refractivity contribution in [1.29, 1.82) is 0 Å². The van der Waals surface area contributed by atoms with Crippen LogP contribution in [0.15, 0.2) is 81.9 Å². The molecule has 164 valence electrons. The van der Waals surface area contributed by atoms with E-state index in [4.69, 9.17) is 18.4 Å². The molecule has 0 saturated heterocycles. The largest absolute Gasteiger partial charge is 0.497 e. The van der Waals surface area contributed by atoms with Crippen LogP contribution in [-0.2, 0) is 13.1 Å². The summed E-state index contributed by atoms with van der Waals surface area (Å²) in [6.07, 6.45) is 1.57. The number of amides is 2. The van der Waals surface area contributed by atoms with Crippen molar-refractivity contribution in [3.63, 3.8) is 0 Å². The van der Waals surface area contributed by atoms with Gasteiger partial charge in [0.25, 0.3) is 0 Å². The molecule has 32 heavy (non-hydrogen) atoms. The number of nitrogens with zero attached hydrogens (tertiary/aromatic N) is 2. The Balaban J connectivity index is 1.54. The number of rotatable bonds is 8. The van der Waals surface area contributed by atoms with Crippen LogP contribution >= 0.6 is 0 Å². The first kappa shape index (κ1) is 21.0. The number of furan rings is 1. The fraction of sp³-hybridized carbons (Fsp3) is 0.167. The third kappa shape index (κ3) is 4.92. The molecule has 0 bridgehead atoms. The van der Waals surface area contributed by atoms with Gasteiger partial charge in [-0.1, -0.05) is 23.4 Å². The lowest BCUT2D eigenvalue weighted by molar-refractivity contribution is 0.199. The van der Waals surface area contributed by atoms with Gasteiger partial charge >= 0.3 is 6.03 Å². The number of ether oxygens (including phenoxy) is 2. The Morgan fingerprint density at radius 3 is 2.66 bits per heavy atom. The molecule has 0 saturated carbocycles. The minimum absolute atomic E-state index is 0.217. The second-order valence-corrected chi connectivity index (χ2v) is 6.98. The van der Waals surface area contributed by atoms with Gasteiger partial charge < -0.3 is 28.6 Å². The summed E-state index contributed by atoms with van der Waals surface area (Å²) < 4.78 is 21.6. The second-order valence-electron chi connectivity index (χ2n) is 6.98. The molecule has 0 fully saturated rings. The van der Waals surface area contributed by atoms with Crippen molar-refractivity contribution in [3.8, 4) is 22.8 Å². The maximum Gasteiger partial charge on any atom is 0.322 e. The van der Waals surface area contributed by atoms with E-state index in [1.807, 2.05) is 42.5 Å². The maximum absolute atomic E-state index is 13.1. The Kier molecular flexibility index (Phi) is 6.41. The fourth-order valence-corrected chi connectivity index (χ4v) is 3.25. The van der Waals surface area contributed by atoms with Crippen molar-refractivity contribution >= 4 is 11.7 Å². The zero-order valence-corrected chi connectivity index (χ0v) is 17.8. The molecule has 2 amide bonds.